The average Bonchev–Trinajstić information content (AvgIpc) is 3.01. The summed E-state index contributed by atoms with van der Waals surface area (Å²) in [4.78, 5) is 30.8. The van der Waals surface area contributed by atoms with Gasteiger partial charge in [-0.25, -0.2) is 35.2 Å². The summed E-state index contributed by atoms with van der Waals surface area (Å²) in [5.41, 5.74) is 2.69. The number of halogens is 3. The lowest BCUT2D eigenvalue weighted by Crippen LogP contribution is -2.29. The average molecular weight is 713 g/mol. The third-order valence-electron chi connectivity index (χ3n) is 5.59. The molecule has 0 aliphatic heterocycles. The van der Waals surface area contributed by atoms with E-state index in [1.54, 1.807) is 24.3 Å². The number of hydrogen-bond acceptors (Lipinski definition) is 11. The van der Waals surface area contributed by atoms with Gasteiger partial charge in [0.1, 0.15) is 11.6 Å². The number of methoxy groups -OCH3 is 2. The number of ether oxygens (including phenoxy) is 2. The van der Waals surface area contributed by atoms with Crippen molar-refractivity contribution in [3.63, 3.8) is 0 Å². The fraction of sp³-hybridized carbons (Fsp3) is 0.200. The standard InChI is InChI=1S/C15H15FN2O4S.C14H13FN2O2.CH3ClO2S/c1-22-15(19)11-6-7-13(17-9-11)10-18(23(2,20)21)14-5-3-4-12(16)8-14;1-19-14(18)10-5-6-13(16-8-10)9-17-12-4-2-3-11(15)7-12;1-5(2,3)4/h3-9H,10H2,1-2H3;2-8,17H,9H2,1H3;1H3. The van der Waals surface area contributed by atoms with Crippen LogP contribution in [0.1, 0.15) is 32.1 Å². The van der Waals surface area contributed by atoms with E-state index in [4.69, 9.17) is 0 Å². The van der Waals surface area contributed by atoms with Crippen LogP contribution in [0.15, 0.2) is 85.2 Å². The SMILES string of the molecule is COC(=O)c1ccc(CN(c2cccc(F)c2)S(C)(=O)=O)nc1.COC(=O)c1ccc(CNc2cccc(F)c2)nc1.CS(=O)(=O)Cl. The number of rotatable bonds is 9. The molecule has 2 aromatic heterocycles. The molecule has 0 aliphatic carbocycles. The number of anilines is 2. The predicted molar refractivity (Wildman–Crippen MR) is 173 cm³/mol. The minimum absolute atomic E-state index is 0.0796. The van der Waals surface area contributed by atoms with Gasteiger partial charge in [0.25, 0.3) is 0 Å². The maximum absolute atomic E-state index is 13.3. The van der Waals surface area contributed by atoms with Gasteiger partial charge < -0.3 is 14.8 Å². The van der Waals surface area contributed by atoms with Crippen LogP contribution in [-0.4, -0.2) is 65.5 Å². The molecule has 0 fully saturated rings. The summed E-state index contributed by atoms with van der Waals surface area (Å²) in [7, 11) is 0.256. The monoisotopic (exact) mass is 712 g/mol. The molecule has 0 unspecified atom stereocenters. The molecule has 2 heterocycles. The highest BCUT2D eigenvalue weighted by molar-refractivity contribution is 8.13. The van der Waals surface area contributed by atoms with E-state index in [0.717, 1.165) is 28.6 Å². The molecule has 4 aromatic rings. The summed E-state index contributed by atoms with van der Waals surface area (Å²) >= 11 is 0. The van der Waals surface area contributed by atoms with E-state index in [1.165, 1.54) is 69.1 Å². The highest BCUT2D eigenvalue weighted by Crippen LogP contribution is 2.21. The Morgan fingerprint density at radius 2 is 1.28 bits per heavy atom. The zero-order chi connectivity index (χ0) is 35.2. The lowest BCUT2D eigenvalue weighted by atomic mass is 10.2. The second-order valence-corrected chi connectivity index (χ2v) is 14.3. The van der Waals surface area contributed by atoms with Crippen LogP contribution in [-0.2, 0) is 41.6 Å². The van der Waals surface area contributed by atoms with Gasteiger partial charge in [-0.1, -0.05) is 12.1 Å². The van der Waals surface area contributed by atoms with Crippen LogP contribution in [0.5, 0.6) is 0 Å². The molecular formula is C30H31ClF2N4O8S2. The van der Waals surface area contributed by atoms with Crippen LogP contribution in [0.3, 0.4) is 0 Å². The molecule has 0 radical (unpaired) electrons. The van der Waals surface area contributed by atoms with Gasteiger partial charge in [0, 0.05) is 28.8 Å². The predicted octanol–water partition coefficient (Wildman–Crippen LogP) is 4.78. The van der Waals surface area contributed by atoms with Gasteiger partial charge in [0.2, 0.25) is 19.1 Å². The summed E-state index contributed by atoms with van der Waals surface area (Å²) < 4.78 is 79.2. The minimum Gasteiger partial charge on any atom is -0.465 e. The van der Waals surface area contributed by atoms with Crippen LogP contribution in [0, 0.1) is 11.6 Å². The molecule has 252 valence electrons. The molecular weight excluding hydrogens is 682 g/mol. The summed E-state index contributed by atoms with van der Waals surface area (Å²) in [5, 5.41) is 3.05. The maximum Gasteiger partial charge on any atom is 0.339 e. The second kappa shape index (κ2) is 17.9. The molecule has 0 atom stereocenters. The number of nitrogens with zero attached hydrogens (tertiary/aromatic N) is 3. The van der Waals surface area contributed by atoms with E-state index in [9.17, 15) is 35.2 Å². The lowest BCUT2D eigenvalue weighted by Gasteiger charge is -2.22. The number of aromatic nitrogens is 2. The van der Waals surface area contributed by atoms with Crippen molar-refractivity contribution in [2.24, 2.45) is 0 Å². The number of benzene rings is 2. The molecule has 17 heteroatoms. The Hall–Kier alpha value is -4.67. The van der Waals surface area contributed by atoms with Crippen LogP contribution in [0.2, 0.25) is 0 Å². The lowest BCUT2D eigenvalue weighted by molar-refractivity contribution is 0.0591. The largest absolute Gasteiger partial charge is 0.465 e. The first-order chi connectivity index (χ1) is 22.0. The summed E-state index contributed by atoms with van der Waals surface area (Å²) in [5.74, 6) is -1.78. The van der Waals surface area contributed by atoms with Gasteiger partial charge >= 0.3 is 11.9 Å². The van der Waals surface area contributed by atoms with E-state index in [-0.39, 0.29) is 23.6 Å². The van der Waals surface area contributed by atoms with Gasteiger partial charge in [-0.2, -0.15) is 0 Å². The van der Waals surface area contributed by atoms with E-state index < -0.39 is 36.8 Å². The second-order valence-electron chi connectivity index (χ2n) is 9.35. The first-order valence-corrected chi connectivity index (χ1v) is 17.8. The highest BCUT2D eigenvalue weighted by atomic mass is 35.7. The maximum atomic E-state index is 13.3. The van der Waals surface area contributed by atoms with Crippen LogP contribution < -0.4 is 9.62 Å². The smallest absolute Gasteiger partial charge is 0.339 e. The molecule has 1 N–H and O–H groups in total. The van der Waals surface area contributed by atoms with Crippen molar-refractivity contribution < 1.29 is 44.7 Å². The van der Waals surface area contributed by atoms with Gasteiger partial charge in [-0.05, 0) is 60.7 Å². The Morgan fingerprint density at radius 1 is 0.787 bits per heavy atom. The summed E-state index contributed by atoms with van der Waals surface area (Å²) in [6.07, 6.45) is 4.71. The third-order valence-corrected chi connectivity index (χ3v) is 6.73. The van der Waals surface area contributed by atoms with E-state index in [2.05, 4.69) is 35.4 Å². The van der Waals surface area contributed by atoms with Crippen molar-refractivity contribution in [1.82, 2.24) is 9.97 Å². The molecule has 0 aliphatic rings. The number of sulfonamides is 1. The zero-order valence-electron chi connectivity index (χ0n) is 25.6. The van der Waals surface area contributed by atoms with Crippen LogP contribution in [0.4, 0.5) is 20.2 Å². The number of hydrogen-bond donors (Lipinski definition) is 1. The Kier molecular flexibility index (Phi) is 14.6. The number of pyridine rings is 2. The Balaban J connectivity index is 0.000000290. The first kappa shape index (κ1) is 38.5. The molecule has 47 heavy (non-hydrogen) atoms. The van der Waals surface area contributed by atoms with Crippen molar-refractivity contribution in [3.8, 4) is 0 Å². The number of nitrogens with one attached hydrogen (secondary N) is 1. The topological polar surface area (TPSA) is 162 Å². The van der Waals surface area contributed by atoms with Crippen LogP contribution in [0.25, 0.3) is 0 Å². The fourth-order valence-corrected chi connectivity index (χ4v) is 4.36. The highest BCUT2D eigenvalue weighted by Gasteiger charge is 2.19. The van der Waals surface area contributed by atoms with Crippen LogP contribution >= 0.6 is 10.7 Å². The summed E-state index contributed by atoms with van der Waals surface area (Å²) in [6.45, 7) is 0.370. The van der Waals surface area contributed by atoms with Crippen molar-refractivity contribution >= 4 is 53.1 Å². The Morgan fingerprint density at radius 3 is 1.70 bits per heavy atom. The normalized spacial score (nSPS) is 10.7. The molecule has 0 bridgehead atoms. The minimum atomic E-state index is -3.63. The quantitative estimate of drug-likeness (QED) is 0.188. The molecule has 2 aromatic carbocycles. The van der Waals surface area contributed by atoms with Crippen molar-refractivity contribution in [2.75, 3.05) is 36.4 Å². The van der Waals surface area contributed by atoms with Crippen molar-refractivity contribution in [3.05, 3.63) is 119 Å². The third kappa shape index (κ3) is 14.5. The van der Waals surface area contributed by atoms with Gasteiger partial charge in [0.15, 0.2) is 0 Å². The van der Waals surface area contributed by atoms with Gasteiger partial charge in [0.05, 0.1) is 68.0 Å². The van der Waals surface area contributed by atoms with Crippen molar-refractivity contribution in [1.29, 1.82) is 0 Å². The molecule has 0 amide bonds. The van der Waals surface area contributed by atoms with Gasteiger partial charge in [-0.3, -0.25) is 14.3 Å². The number of carbonyl (C=O) groups excluding carboxylic acids is 2. The first-order valence-electron chi connectivity index (χ1n) is 13.2. The van der Waals surface area contributed by atoms with E-state index >= 15 is 0 Å². The number of carbonyl (C=O) groups is 2. The molecule has 0 saturated carbocycles. The molecule has 0 spiro atoms. The van der Waals surface area contributed by atoms with E-state index in [0.29, 0.717) is 23.5 Å². The van der Waals surface area contributed by atoms with E-state index in [1.807, 2.05) is 0 Å². The number of esters is 2. The Labute approximate surface area is 275 Å². The Bertz CT molecular complexity index is 1860. The summed E-state index contributed by atoms with van der Waals surface area (Å²) in [6, 6.07) is 17.8. The molecule has 0 saturated heterocycles. The fourth-order valence-electron chi connectivity index (χ4n) is 3.49. The zero-order valence-corrected chi connectivity index (χ0v) is 27.9. The molecule has 12 nitrogen and oxygen atoms in total. The van der Waals surface area contributed by atoms with Crippen molar-refractivity contribution in [2.45, 2.75) is 13.1 Å². The molecule has 4 rings (SSSR count). The van der Waals surface area contributed by atoms with Gasteiger partial charge in [-0.15, -0.1) is 0 Å².